The first kappa shape index (κ1) is 27.9. The third kappa shape index (κ3) is 8.17. The van der Waals surface area contributed by atoms with Crippen LogP contribution in [0, 0.1) is 5.92 Å². The molecule has 2 heteroatoms. The van der Waals surface area contributed by atoms with Crippen LogP contribution in [-0.4, -0.2) is 12.6 Å². The lowest BCUT2D eigenvalue weighted by atomic mass is 9.84. The van der Waals surface area contributed by atoms with Gasteiger partial charge in [-0.15, -0.1) is 5.73 Å². The van der Waals surface area contributed by atoms with Gasteiger partial charge in [-0.1, -0.05) is 77.1 Å². The number of unbranched alkanes of at least 4 members (excludes halogenated alkanes) is 2. The van der Waals surface area contributed by atoms with Crippen LogP contribution in [0.25, 0.3) is 5.57 Å². The minimum absolute atomic E-state index is 0.388. The zero-order valence-corrected chi connectivity index (χ0v) is 23.0. The highest BCUT2D eigenvalue weighted by Crippen LogP contribution is 2.31. The Hall–Kier alpha value is -2.70. The second-order valence-corrected chi connectivity index (χ2v) is 10.3. The zero-order valence-electron chi connectivity index (χ0n) is 23.0. The standard InChI is InChI=1S/C34H47NO/c1-6-14-32(30-17-12-19-34-31(25-30)18-13-24-36-34)33(8-3)35-27(5)16-11-9-10-15-26(4)29-22-20-28(7-2)21-23-29/h17,19-23,25,32-33,35H,4-11,13-16,18,24H2,1-3H3. The summed E-state index contributed by atoms with van der Waals surface area (Å²) in [7, 11) is 0. The van der Waals surface area contributed by atoms with Crippen LogP contribution in [0.2, 0.25) is 0 Å². The van der Waals surface area contributed by atoms with E-state index in [4.69, 9.17) is 4.74 Å². The third-order valence-electron chi connectivity index (χ3n) is 7.54. The van der Waals surface area contributed by atoms with Crippen molar-refractivity contribution in [3.05, 3.63) is 95.1 Å². The molecule has 0 bridgehead atoms. The van der Waals surface area contributed by atoms with Gasteiger partial charge in [0.25, 0.3) is 0 Å². The number of ether oxygens (including phenoxy) is 1. The lowest BCUT2D eigenvalue weighted by Gasteiger charge is -2.30. The van der Waals surface area contributed by atoms with Crippen molar-refractivity contribution in [2.45, 2.75) is 97.4 Å². The molecule has 1 aliphatic carbocycles. The van der Waals surface area contributed by atoms with Crippen LogP contribution in [0.5, 0.6) is 0 Å². The van der Waals surface area contributed by atoms with Gasteiger partial charge < -0.3 is 10.1 Å². The highest BCUT2D eigenvalue weighted by Gasteiger charge is 2.24. The summed E-state index contributed by atoms with van der Waals surface area (Å²) in [6, 6.07) is 9.28. The third-order valence-corrected chi connectivity index (χ3v) is 7.54. The minimum atomic E-state index is 0.388. The SMILES string of the molecule is C=C(CCCCCC(=C)c1ccc(CC)cc1)NC(CC)C(CCC)C1=CC2=C(C=C=C1)OCCC2. The Kier molecular flexibility index (Phi) is 11.4. The van der Waals surface area contributed by atoms with Crippen LogP contribution < -0.4 is 5.32 Å². The highest BCUT2D eigenvalue weighted by atomic mass is 16.5. The Morgan fingerprint density at radius 3 is 2.53 bits per heavy atom. The molecule has 2 nitrogen and oxygen atoms in total. The second kappa shape index (κ2) is 14.8. The van der Waals surface area contributed by atoms with Crippen molar-refractivity contribution < 1.29 is 4.74 Å². The number of aryl methyl sites for hydroxylation is 1. The second-order valence-electron chi connectivity index (χ2n) is 10.3. The van der Waals surface area contributed by atoms with Crippen molar-refractivity contribution in [2.75, 3.05) is 6.61 Å². The first-order valence-electron chi connectivity index (χ1n) is 14.3. The van der Waals surface area contributed by atoms with E-state index in [0.29, 0.717) is 12.0 Å². The maximum Gasteiger partial charge on any atom is 0.130 e. The van der Waals surface area contributed by atoms with Gasteiger partial charge >= 0.3 is 0 Å². The van der Waals surface area contributed by atoms with E-state index in [1.807, 2.05) is 6.08 Å². The van der Waals surface area contributed by atoms with Gasteiger partial charge in [0.2, 0.25) is 0 Å². The normalized spacial score (nSPS) is 16.5. The number of nitrogens with one attached hydrogen (secondary N) is 1. The summed E-state index contributed by atoms with van der Waals surface area (Å²) in [4.78, 5) is 0. The maximum absolute atomic E-state index is 5.88. The Morgan fingerprint density at radius 1 is 1.03 bits per heavy atom. The van der Waals surface area contributed by atoms with E-state index >= 15 is 0 Å². The molecule has 2 atom stereocenters. The van der Waals surface area contributed by atoms with Crippen LogP contribution in [0.1, 0.15) is 96.1 Å². The molecular formula is C34H47NO. The van der Waals surface area contributed by atoms with Gasteiger partial charge in [-0.2, -0.15) is 0 Å². The maximum atomic E-state index is 5.88. The molecule has 1 N–H and O–H groups in total. The molecule has 1 aromatic rings. The van der Waals surface area contributed by atoms with E-state index in [2.05, 4.69) is 81.4 Å². The minimum Gasteiger partial charge on any atom is -0.493 e. The molecule has 2 aliphatic rings. The Bertz CT molecular complexity index is 1000. The van der Waals surface area contributed by atoms with Crippen LogP contribution in [-0.2, 0) is 11.2 Å². The fraction of sp³-hybridized carbons (Fsp3) is 0.500. The van der Waals surface area contributed by atoms with Crippen LogP contribution >= 0.6 is 0 Å². The predicted molar refractivity (Wildman–Crippen MR) is 156 cm³/mol. The van der Waals surface area contributed by atoms with Crippen molar-refractivity contribution in [3.63, 3.8) is 0 Å². The summed E-state index contributed by atoms with van der Waals surface area (Å²) >= 11 is 0. The zero-order chi connectivity index (χ0) is 25.8. The molecule has 0 radical (unpaired) electrons. The number of rotatable bonds is 15. The smallest absolute Gasteiger partial charge is 0.130 e. The van der Waals surface area contributed by atoms with Gasteiger partial charge in [0.05, 0.1) is 6.61 Å². The lowest BCUT2D eigenvalue weighted by Crippen LogP contribution is -2.36. The highest BCUT2D eigenvalue weighted by molar-refractivity contribution is 5.63. The molecule has 0 saturated carbocycles. The number of benzene rings is 1. The summed E-state index contributed by atoms with van der Waals surface area (Å²) in [6.07, 6.45) is 18.9. The van der Waals surface area contributed by atoms with Crippen molar-refractivity contribution in [3.8, 4) is 0 Å². The Morgan fingerprint density at radius 2 is 1.81 bits per heavy atom. The lowest BCUT2D eigenvalue weighted by molar-refractivity contribution is 0.201. The first-order valence-corrected chi connectivity index (χ1v) is 14.3. The molecule has 0 fully saturated rings. The number of hydrogen-bond donors (Lipinski definition) is 1. The Labute approximate surface area is 220 Å². The van der Waals surface area contributed by atoms with Crippen LogP contribution in [0.15, 0.2) is 84.0 Å². The van der Waals surface area contributed by atoms with Gasteiger partial charge in [0, 0.05) is 23.7 Å². The van der Waals surface area contributed by atoms with Gasteiger partial charge in [-0.05, 0) is 91.7 Å². The van der Waals surface area contributed by atoms with E-state index in [1.165, 1.54) is 52.8 Å². The first-order chi connectivity index (χ1) is 17.5. The van der Waals surface area contributed by atoms with Crippen molar-refractivity contribution in [1.82, 2.24) is 5.32 Å². The molecule has 3 rings (SSSR count). The van der Waals surface area contributed by atoms with Crippen LogP contribution in [0.4, 0.5) is 0 Å². The molecule has 2 unspecified atom stereocenters. The van der Waals surface area contributed by atoms with E-state index in [1.54, 1.807) is 0 Å². The largest absolute Gasteiger partial charge is 0.493 e. The summed E-state index contributed by atoms with van der Waals surface area (Å²) in [5.74, 6) is 1.46. The number of allylic oxidation sites excluding steroid dienone is 5. The van der Waals surface area contributed by atoms with Gasteiger partial charge in [-0.3, -0.25) is 0 Å². The van der Waals surface area contributed by atoms with Crippen molar-refractivity contribution >= 4 is 5.57 Å². The van der Waals surface area contributed by atoms with Crippen molar-refractivity contribution in [2.24, 2.45) is 5.92 Å². The predicted octanol–water partition coefficient (Wildman–Crippen LogP) is 9.23. The average Bonchev–Trinajstić information content (AvgIpc) is 3.12. The van der Waals surface area contributed by atoms with E-state index in [0.717, 1.165) is 63.7 Å². The van der Waals surface area contributed by atoms with E-state index in [9.17, 15) is 0 Å². The van der Waals surface area contributed by atoms with Gasteiger partial charge in [0.15, 0.2) is 0 Å². The summed E-state index contributed by atoms with van der Waals surface area (Å²) in [5, 5.41) is 3.82. The molecular weight excluding hydrogens is 438 g/mol. The molecule has 36 heavy (non-hydrogen) atoms. The number of hydrogen-bond acceptors (Lipinski definition) is 2. The monoisotopic (exact) mass is 485 g/mol. The summed E-state index contributed by atoms with van der Waals surface area (Å²) in [6.45, 7) is 16.3. The summed E-state index contributed by atoms with van der Waals surface area (Å²) < 4.78 is 5.88. The Balaban J connectivity index is 1.48. The quantitative estimate of drug-likeness (QED) is 0.197. The van der Waals surface area contributed by atoms with Gasteiger partial charge in [0.1, 0.15) is 5.76 Å². The van der Waals surface area contributed by atoms with Crippen molar-refractivity contribution in [1.29, 1.82) is 0 Å². The molecule has 1 heterocycles. The fourth-order valence-corrected chi connectivity index (χ4v) is 5.32. The molecule has 0 aromatic heterocycles. The molecule has 0 saturated heterocycles. The average molecular weight is 486 g/mol. The molecule has 0 spiro atoms. The summed E-state index contributed by atoms with van der Waals surface area (Å²) in [5.41, 5.74) is 11.2. The molecule has 0 amide bonds. The van der Waals surface area contributed by atoms with E-state index < -0.39 is 0 Å². The van der Waals surface area contributed by atoms with Gasteiger partial charge in [-0.25, -0.2) is 0 Å². The van der Waals surface area contributed by atoms with E-state index in [-0.39, 0.29) is 0 Å². The fourth-order valence-electron chi connectivity index (χ4n) is 5.32. The molecule has 1 aliphatic heterocycles. The molecule has 1 aromatic carbocycles. The van der Waals surface area contributed by atoms with Crippen LogP contribution in [0.3, 0.4) is 0 Å². The molecule has 194 valence electrons. The topological polar surface area (TPSA) is 21.3 Å².